The van der Waals surface area contributed by atoms with Gasteiger partial charge in [-0.2, -0.15) is 0 Å². The molecule has 2 aliphatic rings. The molecule has 1 atom stereocenters. The molecule has 5 nitrogen and oxygen atoms in total. The van der Waals surface area contributed by atoms with Crippen molar-refractivity contribution >= 4 is 29.9 Å². The van der Waals surface area contributed by atoms with Crippen molar-refractivity contribution in [1.82, 2.24) is 15.1 Å². The van der Waals surface area contributed by atoms with Crippen LogP contribution in [0.4, 0.5) is 0 Å². The molecule has 1 heterocycles. The zero-order valence-corrected chi connectivity index (χ0v) is 18.1. The van der Waals surface area contributed by atoms with Crippen LogP contribution in [0.3, 0.4) is 0 Å². The summed E-state index contributed by atoms with van der Waals surface area (Å²) in [6.07, 6.45) is 5.44. The van der Waals surface area contributed by atoms with Crippen molar-refractivity contribution in [1.29, 1.82) is 0 Å². The van der Waals surface area contributed by atoms with Gasteiger partial charge in [0.15, 0.2) is 5.96 Å². The van der Waals surface area contributed by atoms with Gasteiger partial charge in [0.05, 0.1) is 6.61 Å². The summed E-state index contributed by atoms with van der Waals surface area (Å²) < 4.78 is 5.74. The minimum Gasteiger partial charge on any atom is -0.379 e. The van der Waals surface area contributed by atoms with Crippen LogP contribution in [-0.4, -0.2) is 75.3 Å². The smallest absolute Gasteiger partial charge is 0.193 e. The highest BCUT2D eigenvalue weighted by Gasteiger charge is 2.21. The minimum atomic E-state index is 0. The maximum absolute atomic E-state index is 5.74. The molecule has 1 saturated heterocycles. The lowest BCUT2D eigenvalue weighted by Gasteiger charge is -2.23. The third kappa shape index (κ3) is 8.85. The number of nitrogens with one attached hydrogen (secondary N) is 1. The second-order valence-corrected chi connectivity index (χ2v) is 7.25. The van der Waals surface area contributed by atoms with Crippen LogP contribution in [0.2, 0.25) is 0 Å². The van der Waals surface area contributed by atoms with Gasteiger partial charge in [-0.25, -0.2) is 0 Å². The maximum atomic E-state index is 5.74. The Kier molecular flexibility index (Phi) is 11.3. The predicted molar refractivity (Wildman–Crippen MR) is 112 cm³/mol. The molecule has 0 spiro atoms. The average Bonchev–Trinajstić information content (AvgIpc) is 3.23. The number of nitrogens with zero attached hydrogens (tertiary/aromatic N) is 3. The van der Waals surface area contributed by atoms with E-state index in [4.69, 9.17) is 9.73 Å². The highest BCUT2D eigenvalue weighted by molar-refractivity contribution is 14.0. The number of aliphatic imine (C=N–C) groups is 1. The zero-order valence-electron chi connectivity index (χ0n) is 15.8. The van der Waals surface area contributed by atoms with Gasteiger partial charge in [-0.05, 0) is 57.5 Å². The fraction of sp³-hybridized carbons (Fsp3) is 0.944. The molecule has 0 radical (unpaired) electrons. The molecule has 1 aliphatic carbocycles. The van der Waals surface area contributed by atoms with Crippen molar-refractivity contribution in [2.45, 2.75) is 39.5 Å². The Morgan fingerprint density at radius 2 is 2.04 bits per heavy atom. The van der Waals surface area contributed by atoms with E-state index in [-0.39, 0.29) is 24.0 Å². The highest BCUT2D eigenvalue weighted by Crippen LogP contribution is 2.28. The van der Waals surface area contributed by atoms with Crippen LogP contribution in [0.5, 0.6) is 0 Å². The Morgan fingerprint density at radius 1 is 1.33 bits per heavy atom. The molecule has 1 N–H and O–H groups in total. The summed E-state index contributed by atoms with van der Waals surface area (Å²) in [5.74, 6) is 2.46. The average molecular weight is 452 g/mol. The maximum Gasteiger partial charge on any atom is 0.193 e. The molecule has 24 heavy (non-hydrogen) atoms. The monoisotopic (exact) mass is 452 g/mol. The van der Waals surface area contributed by atoms with Gasteiger partial charge in [-0.1, -0.05) is 6.92 Å². The van der Waals surface area contributed by atoms with E-state index in [1.807, 2.05) is 0 Å². The lowest BCUT2D eigenvalue weighted by atomic mass is 10.2. The molecule has 1 saturated carbocycles. The Hall–Kier alpha value is -0.0800. The number of hydrogen-bond donors (Lipinski definition) is 1. The molecule has 2 rings (SSSR count). The summed E-state index contributed by atoms with van der Waals surface area (Å²) in [5.41, 5.74) is 0. The normalized spacial score (nSPS) is 19.9. The topological polar surface area (TPSA) is 40.1 Å². The Morgan fingerprint density at radius 3 is 2.67 bits per heavy atom. The first-order valence-electron chi connectivity index (χ1n) is 9.48. The molecule has 2 fully saturated rings. The van der Waals surface area contributed by atoms with Crippen molar-refractivity contribution in [3.05, 3.63) is 0 Å². The van der Waals surface area contributed by atoms with E-state index in [1.165, 1.54) is 45.3 Å². The summed E-state index contributed by atoms with van der Waals surface area (Å²) in [4.78, 5) is 9.60. The fourth-order valence-corrected chi connectivity index (χ4v) is 3.02. The van der Waals surface area contributed by atoms with Crippen molar-refractivity contribution in [3.63, 3.8) is 0 Å². The van der Waals surface area contributed by atoms with Crippen molar-refractivity contribution in [2.75, 3.05) is 59.5 Å². The number of likely N-dealkylation sites (N-methyl/N-ethyl adjacent to an activating group) is 1. The predicted octanol–water partition coefficient (Wildman–Crippen LogP) is 2.66. The Bertz CT molecular complexity index is 357. The summed E-state index contributed by atoms with van der Waals surface area (Å²) in [5, 5.41) is 3.40. The number of ether oxygens (including phenoxy) is 1. The number of hydrogen-bond acceptors (Lipinski definition) is 3. The van der Waals surface area contributed by atoms with Crippen molar-refractivity contribution in [3.8, 4) is 0 Å². The first kappa shape index (κ1) is 22.0. The van der Waals surface area contributed by atoms with E-state index >= 15 is 0 Å². The van der Waals surface area contributed by atoms with Gasteiger partial charge >= 0.3 is 0 Å². The molecule has 0 aromatic carbocycles. The Balaban J connectivity index is 0.00000288. The van der Waals surface area contributed by atoms with Gasteiger partial charge in [-0.15, -0.1) is 24.0 Å². The third-order valence-electron chi connectivity index (χ3n) is 4.64. The standard InChI is InChI=1S/C18H36N4O.HI/c1-4-19-18(21(3)11-12-23-15-17-7-8-17)20-13-16(2)14-22-9-5-6-10-22;/h16-17H,4-15H2,1-3H3,(H,19,20);1H. The van der Waals surface area contributed by atoms with Gasteiger partial charge in [0.2, 0.25) is 0 Å². The quantitative estimate of drug-likeness (QED) is 0.240. The lowest BCUT2D eigenvalue weighted by molar-refractivity contribution is 0.115. The van der Waals surface area contributed by atoms with E-state index in [2.05, 4.69) is 36.0 Å². The van der Waals surface area contributed by atoms with Crippen molar-refractivity contribution in [2.24, 2.45) is 16.8 Å². The lowest BCUT2D eigenvalue weighted by Crippen LogP contribution is -2.41. The molecule has 1 aliphatic heterocycles. The van der Waals surface area contributed by atoms with Crippen LogP contribution in [0.15, 0.2) is 4.99 Å². The molecular weight excluding hydrogens is 415 g/mol. The summed E-state index contributed by atoms with van der Waals surface area (Å²) in [7, 11) is 2.10. The highest BCUT2D eigenvalue weighted by atomic mass is 127. The van der Waals surface area contributed by atoms with E-state index in [9.17, 15) is 0 Å². The molecule has 0 amide bonds. The molecule has 1 unspecified atom stereocenters. The molecule has 6 heteroatoms. The first-order valence-corrected chi connectivity index (χ1v) is 9.48. The molecule has 142 valence electrons. The largest absolute Gasteiger partial charge is 0.379 e. The number of halogens is 1. The zero-order chi connectivity index (χ0) is 16.5. The number of likely N-dealkylation sites (tertiary alicyclic amines) is 1. The van der Waals surface area contributed by atoms with Crippen LogP contribution >= 0.6 is 24.0 Å². The summed E-state index contributed by atoms with van der Waals surface area (Å²) in [6.45, 7) is 12.6. The van der Waals surface area contributed by atoms with E-state index in [0.717, 1.165) is 44.7 Å². The number of guanidine groups is 1. The molecule has 0 aromatic rings. The van der Waals surface area contributed by atoms with Gasteiger partial charge < -0.3 is 19.9 Å². The molecular formula is C18H37IN4O. The molecule has 0 bridgehead atoms. The third-order valence-corrected chi connectivity index (χ3v) is 4.64. The van der Waals surface area contributed by atoms with Crippen LogP contribution in [-0.2, 0) is 4.74 Å². The van der Waals surface area contributed by atoms with Crippen LogP contribution in [0.25, 0.3) is 0 Å². The van der Waals surface area contributed by atoms with Gasteiger partial charge in [-0.3, -0.25) is 4.99 Å². The second kappa shape index (κ2) is 12.3. The Labute approximate surface area is 165 Å². The van der Waals surface area contributed by atoms with Gasteiger partial charge in [0.25, 0.3) is 0 Å². The van der Waals surface area contributed by atoms with Gasteiger partial charge in [0.1, 0.15) is 0 Å². The number of rotatable bonds is 10. The van der Waals surface area contributed by atoms with Crippen LogP contribution < -0.4 is 5.32 Å². The summed E-state index contributed by atoms with van der Waals surface area (Å²) >= 11 is 0. The fourth-order valence-electron chi connectivity index (χ4n) is 3.02. The van der Waals surface area contributed by atoms with Gasteiger partial charge in [0, 0.05) is 39.8 Å². The van der Waals surface area contributed by atoms with Crippen molar-refractivity contribution < 1.29 is 4.74 Å². The SMILES string of the molecule is CCNC(=NCC(C)CN1CCCC1)N(C)CCOCC1CC1.I. The molecule has 0 aromatic heterocycles. The van der Waals surface area contributed by atoms with E-state index < -0.39 is 0 Å². The van der Waals surface area contributed by atoms with Crippen LogP contribution in [0.1, 0.15) is 39.5 Å². The minimum absolute atomic E-state index is 0. The first-order chi connectivity index (χ1) is 11.2. The second-order valence-electron chi connectivity index (χ2n) is 7.25. The van der Waals surface area contributed by atoms with Crippen LogP contribution in [0, 0.1) is 11.8 Å². The van der Waals surface area contributed by atoms with E-state index in [1.54, 1.807) is 0 Å². The van der Waals surface area contributed by atoms with E-state index in [0.29, 0.717) is 5.92 Å². The summed E-state index contributed by atoms with van der Waals surface area (Å²) in [6, 6.07) is 0.